The number of aryl methyl sites for hydroxylation is 1. The maximum atomic E-state index is 11.8. The van der Waals surface area contributed by atoms with Crippen LogP contribution in [0.15, 0.2) is 6.07 Å². The SMILES string of the molecule is COc1c(C)cc(CC(=O)NCCCO)c(C)c1C. The number of methoxy groups -OCH3 is 1. The summed E-state index contributed by atoms with van der Waals surface area (Å²) in [6.07, 6.45) is 0.953. The zero-order chi connectivity index (χ0) is 14.4. The van der Waals surface area contributed by atoms with E-state index >= 15 is 0 Å². The average molecular weight is 265 g/mol. The number of aliphatic hydroxyl groups excluding tert-OH is 1. The summed E-state index contributed by atoms with van der Waals surface area (Å²) in [4.78, 5) is 11.8. The molecule has 106 valence electrons. The highest BCUT2D eigenvalue weighted by Crippen LogP contribution is 2.28. The van der Waals surface area contributed by atoms with Gasteiger partial charge in [0.15, 0.2) is 0 Å². The normalized spacial score (nSPS) is 10.4. The van der Waals surface area contributed by atoms with E-state index in [4.69, 9.17) is 9.84 Å². The van der Waals surface area contributed by atoms with E-state index in [0.717, 1.165) is 28.0 Å². The highest BCUT2D eigenvalue weighted by molar-refractivity contribution is 5.79. The lowest BCUT2D eigenvalue weighted by atomic mass is 9.96. The molecule has 0 heterocycles. The first-order valence-corrected chi connectivity index (χ1v) is 6.52. The first-order valence-electron chi connectivity index (χ1n) is 6.52. The first kappa shape index (κ1) is 15.5. The summed E-state index contributed by atoms with van der Waals surface area (Å²) in [5, 5.41) is 11.5. The van der Waals surface area contributed by atoms with Crippen molar-refractivity contribution in [2.75, 3.05) is 20.3 Å². The number of amides is 1. The Balaban J connectivity index is 2.82. The van der Waals surface area contributed by atoms with Crippen molar-refractivity contribution in [3.05, 3.63) is 28.3 Å². The number of hydrogen-bond donors (Lipinski definition) is 2. The molecule has 0 spiro atoms. The second kappa shape index (κ2) is 7.14. The number of benzene rings is 1. The molecule has 0 aliphatic rings. The summed E-state index contributed by atoms with van der Waals surface area (Å²) in [6.45, 7) is 6.61. The third-order valence-corrected chi connectivity index (χ3v) is 3.35. The summed E-state index contributed by atoms with van der Waals surface area (Å²) in [7, 11) is 1.66. The molecule has 0 fully saturated rings. The summed E-state index contributed by atoms with van der Waals surface area (Å²) >= 11 is 0. The molecule has 0 saturated carbocycles. The molecular weight excluding hydrogens is 242 g/mol. The quantitative estimate of drug-likeness (QED) is 0.769. The molecule has 0 aliphatic heterocycles. The summed E-state index contributed by atoms with van der Waals surface area (Å²) in [6, 6.07) is 2.01. The first-order chi connectivity index (χ1) is 9.01. The minimum Gasteiger partial charge on any atom is -0.496 e. The van der Waals surface area contributed by atoms with Gasteiger partial charge < -0.3 is 15.2 Å². The molecule has 1 aromatic rings. The number of ether oxygens (including phenoxy) is 1. The monoisotopic (exact) mass is 265 g/mol. The van der Waals surface area contributed by atoms with Crippen LogP contribution in [0.4, 0.5) is 0 Å². The number of carbonyl (C=O) groups is 1. The van der Waals surface area contributed by atoms with E-state index in [9.17, 15) is 4.79 Å². The molecule has 1 rings (SSSR count). The van der Waals surface area contributed by atoms with E-state index in [0.29, 0.717) is 19.4 Å². The van der Waals surface area contributed by atoms with Gasteiger partial charge in [0.25, 0.3) is 0 Å². The zero-order valence-electron chi connectivity index (χ0n) is 12.2. The van der Waals surface area contributed by atoms with Crippen molar-refractivity contribution in [2.45, 2.75) is 33.6 Å². The Hall–Kier alpha value is -1.55. The summed E-state index contributed by atoms with van der Waals surface area (Å²) in [5.74, 6) is 0.877. The molecule has 0 aromatic heterocycles. The Morgan fingerprint density at radius 1 is 1.32 bits per heavy atom. The molecule has 19 heavy (non-hydrogen) atoms. The Morgan fingerprint density at radius 2 is 2.00 bits per heavy atom. The van der Waals surface area contributed by atoms with Crippen LogP contribution >= 0.6 is 0 Å². The number of carbonyl (C=O) groups excluding carboxylic acids is 1. The lowest BCUT2D eigenvalue weighted by molar-refractivity contribution is -0.120. The molecule has 4 nitrogen and oxygen atoms in total. The molecule has 1 amide bonds. The second-order valence-corrected chi connectivity index (χ2v) is 4.74. The predicted octanol–water partition coefficient (Wildman–Crippen LogP) is 1.66. The van der Waals surface area contributed by atoms with Crippen LogP contribution in [0.3, 0.4) is 0 Å². The molecule has 2 N–H and O–H groups in total. The van der Waals surface area contributed by atoms with Gasteiger partial charge in [-0.25, -0.2) is 0 Å². The van der Waals surface area contributed by atoms with Crippen LogP contribution in [0.25, 0.3) is 0 Å². The fraction of sp³-hybridized carbons (Fsp3) is 0.533. The fourth-order valence-corrected chi connectivity index (χ4v) is 2.18. The van der Waals surface area contributed by atoms with Crippen molar-refractivity contribution in [3.63, 3.8) is 0 Å². The lowest BCUT2D eigenvalue weighted by Crippen LogP contribution is -2.27. The van der Waals surface area contributed by atoms with E-state index in [1.807, 2.05) is 26.8 Å². The van der Waals surface area contributed by atoms with Gasteiger partial charge in [-0.2, -0.15) is 0 Å². The van der Waals surface area contributed by atoms with E-state index in [1.165, 1.54) is 0 Å². The summed E-state index contributed by atoms with van der Waals surface area (Å²) in [5.41, 5.74) is 4.25. The van der Waals surface area contributed by atoms with E-state index in [2.05, 4.69) is 5.32 Å². The van der Waals surface area contributed by atoms with E-state index in [1.54, 1.807) is 7.11 Å². The Labute approximate surface area is 114 Å². The Bertz CT molecular complexity index is 455. The molecule has 1 aromatic carbocycles. The lowest BCUT2D eigenvalue weighted by Gasteiger charge is -2.15. The van der Waals surface area contributed by atoms with Crippen LogP contribution in [0, 0.1) is 20.8 Å². The van der Waals surface area contributed by atoms with Crippen LogP contribution in [-0.2, 0) is 11.2 Å². The third-order valence-electron chi connectivity index (χ3n) is 3.35. The van der Waals surface area contributed by atoms with Crippen molar-refractivity contribution >= 4 is 5.91 Å². The van der Waals surface area contributed by atoms with Gasteiger partial charge in [0, 0.05) is 13.2 Å². The fourth-order valence-electron chi connectivity index (χ4n) is 2.18. The molecule has 0 aliphatic carbocycles. The standard InChI is InChI=1S/C15H23NO3/c1-10-8-13(9-14(18)16-6-5-7-17)11(2)12(3)15(10)19-4/h8,17H,5-7,9H2,1-4H3,(H,16,18). The highest BCUT2D eigenvalue weighted by atomic mass is 16.5. The predicted molar refractivity (Wildman–Crippen MR) is 75.6 cm³/mol. The molecule has 4 heteroatoms. The van der Waals surface area contributed by atoms with Gasteiger partial charge >= 0.3 is 0 Å². The summed E-state index contributed by atoms with van der Waals surface area (Å²) < 4.78 is 5.37. The van der Waals surface area contributed by atoms with Crippen molar-refractivity contribution in [3.8, 4) is 5.75 Å². The number of nitrogens with one attached hydrogen (secondary N) is 1. The maximum Gasteiger partial charge on any atom is 0.224 e. The Kier molecular flexibility index (Phi) is 5.83. The molecule has 0 radical (unpaired) electrons. The highest BCUT2D eigenvalue weighted by Gasteiger charge is 2.12. The van der Waals surface area contributed by atoms with E-state index in [-0.39, 0.29) is 12.5 Å². The van der Waals surface area contributed by atoms with Crippen LogP contribution < -0.4 is 10.1 Å². The maximum absolute atomic E-state index is 11.8. The van der Waals surface area contributed by atoms with Gasteiger partial charge in [-0.3, -0.25) is 4.79 Å². The minimum atomic E-state index is -0.0134. The Morgan fingerprint density at radius 3 is 2.58 bits per heavy atom. The number of hydrogen-bond acceptors (Lipinski definition) is 3. The van der Waals surface area contributed by atoms with Crippen LogP contribution in [0.2, 0.25) is 0 Å². The minimum absolute atomic E-state index is 0.0134. The van der Waals surface area contributed by atoms with Crippen molar-refractivity contribution in [1.82, 2.24) is 5.32 Å². The van der Waals surface area contributed by atoms with Gasteiger partial charge in [-0.15, -0.1) is 0 Å². The van der Waals surface area contributed by atoms with Gasteiger partial charge in [0.05, 0.1) is 13.5 Å². The molecule has 0 unspecified atom stereocenters. The van der Waals surface area contributed by atoms with Crippen molar-refractivity contribution in [1.29, 1.82) is 0 Å². The van der Waals surface area contributed by atoms with Gasteiger partial charge in [0.2, 0.25) is 5.91 Å². The zero-order valence-corrected chi connectivity index (χ0v) is 12.2. The molecule has 0 bridgehead atoms. The van der Waals surface area contributed by atoms with Crippen LogP contribution in [0.1, 0.15) is 28.7 Å². The molecular formula is C15H23NO3. The number of aliphatic hydroxyl groups is 1. The second-order valence-electron chi connectivity index (χ2n) is 4.74. The van der Waals surface area contributed by atoms with Gasteiger partial charge in [-0.1, -0.05) is 6.07 Å². The van der Waals surface area contributed by atoms with E-state index < -0.39 is 0 Å². The topological polar surface area (TPSA) is 58.6 Å². The average Bonchev–Trinajstić information content (AvgIpc) is 2.36. The van der Waals surface area contributed by atoms with Crippen LogP contribution in [-0.4, -0.2) is 31.3 Å². The van der Waals surface area contributed by atoms with Crippen molar-refractivity contribution in [2.24, 2.45) is 0 Å². The van der Waals surface area contributed by atoms with Gasteiger partial charge in [0.1, 0.15) is 5.75 Å². The largest absolute Gasteiger partial charge is 0.496 e. The van der Waals surface area contributed by atoms with Gasteiger partial charge in [-0.05, 0) is 49.4 Å². The van der Waals surface area contributed by atoms with Crippen molar-refractivity contribution < 1.29 is 14.6 Å². The van der Waals surface area contributed by atoms with Crippen LogP contribution in [0.5, 0.6) is 5.75 Å². The third kappa shape index (κ3) is 3.96. The number of rotatable bonds is 6. The smallest absolute Gasteiger partial charge is 0.224 e. The molecule has 0 atom stereocenters. The molecule has 0 saturated heterocycles.